The molecule has 1 aliphatic heterocycles. The first-order valence-electron chi connectivity index (χ1n) is 6.98. The highest BCUT2D eigenvalue weighted by Crippen LogP contribution is 2.27. The number of nitrogens with one attached hydrogen (secondary N) is 2. The number of carbonyl (C=O) groups is 1. The highest BCUT2D eigenvalue weighted by molar-refractivity contribution is 7.12. The van der Waals surface area contributed by atoms with E-state index in [9.17, 15) is 4.79 Å². The van der Waals surface area contributed by atoms with E-state index in [1.807, 2.05) is 11.4 Å². The molecule has 3 rings (SSSR count). The molecule has 1 amide bonds. The monoisotopic (exact) mass is 342 g/mol. The molecule has 0 aromatic carbocycles. The molecule has 1 fully saturated rings. The second-order valence-corrected chi connectivity index (χ2v) is 6.55. The molecule has 0 atom stereocenters. The molecule has 0 radical (unpaired) electrons. The Morgan fingerprint density at radius 1 is 1.50 bits per heavy atom. The molecule has 0 spiro atoms. The minimum Gasteiger partial charge on any atom is -0.351 e. The van der Waals surface area contributed by atoms with Crippen LogP contribution in [0, 0.1) is 5.41 Å². The second kappa shape index (κ2) is 7.17. The van der Waals surface area contributed by atoms with Gasteiger partial charge >= 0.3 is 0 Å². The van der Waals surface area contributed by atoms with E-state index in [0.29, 0.717) is 11.4 Å². The maximum absolute atomic E-state index is 12.4. The summed E-state index contributed by atoms with van der Waals surface area (Å²) in [6, 6.07) is 1.85. The van der Waals surface area contributed by atoms with Crippen LogP contribution in [0.3, 0.4) is 0 Å². The van der Waals surface area contributed by atoms with Crippen molar-refractivity contribution in [1.29, 1.82) is 0 Å². The lowest BCUT2D eigenvalue weighted by Crippen LogP contribution is -2.42. The fourth-order valence-corrected chi connectivity index (χ4v) is 3.30. The average Bonchev–Trinajstić information content (AvgIpc) is 3.16. The van der Waals surface area contributed by atoms with E-state index in [0.717, 1.165) is 31.6 Å². The van der Waals surface area contributed by atoms with Gasteiger partial charge < -0.3 is 10.6 Å². The van der Waals surface area contributed by atoms with Crippen molar-refractivity contribution in [2.45, 2.75) is 19.8 Å². The molecule has 3 heterocycles. The summed E-state index contributed by atoms with van der Waals surface area (Å²) >= 11 is 1.40. The largest absolute Gasteiger partial charge is 0.351 e. The third-order valence-electron chi connectivity index (χ3n) is 3.93. The first-order valence-corrected chi connectivity index (χ1v) is 7.86. The van der Waals surface area contributed by atoms with Crippen LogP contribution in [0.4, 0.5) is 0 Å². The van der Waals surface area contributed by atoms with Crippen molar-refractivity contribution in [3.63, 3.8) is 0 Å². The lowest BCUT2D eigenvalue weighted by Gasteiger charge is -2.34. The SMILES string of the molecule is CC1(CNC(=O)c2sccc2-n2cnnn2)CCNCC1.Cl. The summed E-state index contributed by atoms with van der Waals surface area (Å²) < 4.78 is 1.51. The van der Waals surface area contributed by atoms with Crippen molar-refractivity contribution in [1.82, 2.24) is 30.8 Å². The normalized spacial score (nSPS) is 16.8. The third kappa shape index (κ3) is 3.63. The van der Waals surface area contributed by atoms with Crippen molar-refractivity contribution in [2.75, 3.05) is 19.6 Å². The zero-order valence-corrected chi connectivity index (χ0v) is 13.9. The van der Waals surface area contributed by atoms with Gasteiger partial charge in [-0.1, -0.05) is 6.92 Å². The molecule has 9 heteroatoms. The maximum Gasteiger partial charge on any atom is 0.263 e. The number of hydrogen-bond donors (Lipinski definition) is 2. The minimum absolute atomic E-state index is 0. The molecule has 2 aromatic heterocycles. The summed E-state index contributed by atoms with van der Waals surface area (Å²) in [6.07, 6.45) is 3.65. The Balaban J connectivity index is 0.00000176. The molecule has 22 heavy (non-hydrogen) atoms. The Kier molecular flexibility index (Phi) is 5.49. The number of carbonyl (C=O) groups excluding carboxylic acids is 1. The Bertz CT molecular complexity index is 608. The van der Waals surface area contributed by atoms with Gasteiger partial charge in [0, 0.05) is 6.54 Å². The number of rotatable bonds is 4. The Morgan fingerprint density at radius 3 is 2.95 bits per heavy atom. The highest BCUT2D eigenvalue weighted by Gasteiger charge is 2.27. The van der Waals surface area contributed by atoms with Crippen LogP contribution < -0.4 is 10.6 Å². The molecule has 1 aliphatic rings. The fourth-order valence-electron chi connectivity index (χ4n) is 2.51. The van der Waals surface area contributed by atoms with Gasteiger partial charge in [-0.3, -0.25) is 4.79 Å². The minimum atomic E-state index is -0.0599. The van der Waals surface area contributed by atoms with Gasteiger partial charge in [-0.15, -0.1) is 28.8 Å². The Labute approximate surface area is 138 Å². The summed E-state index contributed by atoms with van der Waals surface area (Å²) in [5.41, 5.74) is 0.894. The fraction of sp³-hybridized carbons (Fsp3) is 0.538. The van der Waals surface area contributed by atoms with E-state index in [2.05, 4.69) is 33.1 Å². The highest BCUT2D eigenvalue weighted by atomic mass is 35.5. The molecule has 0 saturated carbocycles. The van der Waals surface area contributed by atoms with Crippen molar-refractivity contribution >= 4 is 29.7 Å². The second-order valence-electron chi connectivity index (χ2n) is 5.63. The quantitative estimate of drug-likeness (QED) is 0.874. The van der Waals surface area contributed by atoms with Gasteiger partial charge in [-0.2, -0.15) is 4.68 Å². The van der Waals surface area contributed by atoms with Gasteiger partial charge in [0.25, 0.3) is 5.91 Å². The van der Waals surface area contributed by atoms with E-state index >= 15 is 0 Å². The molecule has 120 valence electrons. The van der Waals surface area contributed by atoms with Crippen LogP contribution in [0.15, 0.2) is 17.8 Å². The van der Waals surface area contributed by atoms with Crippen LogP contribution in [-0.2, 0) is 0 Å². The summed E-state index contributed by atoms with van der Waals surface area (Å²) in [5, 5.41) is 19.3. The van der Waals surface area contributed by atoms with Crippen LogP contribution >= 0.6 is 23.7 Å². The van der Waals surface area contributed by atoms with Crippen molar-refractivity contribution in [2.24, 2.45) is 5.41 Å². The molecule has 7 nitrogen and oxygen atoms in total. The standard InChI is InChI=1S/C13H18N6OS.ClH/c1-13(3-5-14-6-4-13)8-15-12(20)11-10(2-7-21-11)19-9-16-17-18-19;/h2,7,9,14H,3-6,8H2,1H3,(H,15,20);1H. The average molecular weight is 343 g/mol. The zero-order valence-electron chi connectivity index (χ0n) is 12.3. The van der Waals surface area contributed by atoms with Crippen LogP contribution in [0.5, 0.6) is 0 Å². The number of aromatic nitrogens is 4. The van der Waals surface area contributed by atoms with E-state index in [1.165, 1.54) is 22.3 Å². The maximum atomic E-state index is 12.4. The van der Waals surface area contributed by atoms with Crippen molar-refractivity contribution < 1.29 is 4.79 Å². The molecule has 0 unspecified atom stereocenters. The first-order chi connectivity index (χ1) is 10.2. The van der Waals surface area contributed by atoms with Crippen LogP contribution in [0.2, 0.25) is 0 Å². The van der Waals surface area contributed by atoms with Gasteiger partial charge in [-0.25, -0.2) is 0 Å². The lowest BCUT2D eigenvalue weighted by atomic mass is 9.81. The summed E-state index contributed by atoms with van der Waals surface area (Å²) in [4.78, 5) is 13.0. The number of amides is 1. The van der Waals surface area contributed by atoms with E-state index in [-0.39, 0.29) is 23.7 Å². The first kappa shape index (κ1) is 16.9. The van der Waals surface area contributed by atoms with Crippen LogP contribution in [0.25, 0.3) is 5.69 Å². The molecule has 1 saturated heterocycles. The van der Waals surface area contributed by atoms with Crippen LogP contribution in [0.1, 0.15) is 29.4 Å². The van der Waals surface area contributed by atoms with E-state index in [1.54, 1.807) is 0 Å². The smallest absolute Gasteiger partial charge is 0.263 e. The van der Waals surface area contributed by atoms with Crippen LogP contribution in [-0.4, -0.2) is 45.7 Å². The molecular weight excluding hydrogens is 324 g/mol. The summed E-state index contributed by atoms with van der Waals surface area (Å²) in [7, 11) is 0. The number of nitrogens with zero attached hydrogens (tertiary/aromatic N) is 4. The van der Waals surface area contributed by atoms with Gasteiger partial charge in [0.15, 0.2) is 0 Å². The number of tetrazole rings is 1. The topological polar surface area (TPSA) is 84.7 Å². The summed E-state index contributed by atoms with van der Waals surface area (Å²) in [6.45, 7) is 4.95. The third-order valence-corrected chi connectivity index (χ3v) is 4.84. The van der Waals surface area contributed by atoms with Crippen molar-refractivity contribution in [3.05, 3.63) is 22.7 Å². The lowest BCUT2D eigenvalue weighted by molar-refractivity contribution is 0.0926. The van der Waals surface area contributed by atoms with Gasteiger partial charge in [-0.05, 0) is 53.2 Å². The number of hydrogen-bond acceptors (Lipinski definition) is 6. The van der Waals surface area contributed by atoms with E-state index < -0.39 is 0 Å². The number of thiophene rings is 1. The van der Waals surface area contributed by atoms with Gasteiger partial charge in [0.05, 0.1) is 5.69 Å². The van der Waals surface area contributed by atoms with E-state index in [4.69, 9.17) is 0 Å². The van der Waals surface area contributed by atoms with Crippen molar-refractivity contribution in [3.8, 4) is 5.69 Å². The predicted molar refractivity (Wildman–Crippen MR) is 86.8 cm³/mol. The van der Waals surface area contributed by atoms with Gasteiger partial charge in [0.2, 0.25) is 0 Å². The van der Waals surface area contributed by atoms with Gasteiger partial charge in [0.1, 0.15) is 11.2 Å². The molecule has 0 bridgehead atoms. The Hall–Kier alpha value is -1.51. The summed E-state index contributed by atoms with van der Waals surface area (Å²) in [5.74, 6) is -0.0599. The molecule has 0 aliphatic carbocycles. The molecular formula is C13H19ClN6OS. The number of halogens is 1. The number of piperidine rings is 1. The molecule has 2 N–H and O–H groups in total. The zero-order chi connectivity index (χ0) is 14.7. The predicted octanol–water partition coefficient (Wildman–Crippen LogP) is 1.27. The molecule has 2 aromatic rings. The Morgan fingerprint density at radius 2 is 2.27 bits per heavy atom.